The van der Waals surface area contributed by atoms with Gasteiger partial charge in [-0.05, 0) is 36.1 Å². The predicted octanol–water partition coefficient (Wildman–Crippen LogP) is 4.08. The molecule has 3 aromatic rings. The van der Waals surface area contributed by atoms with Crippen LogP contribution in [0.1, 0.15) is 40.7 Å². The number of allylic oxidation sites excluding steroid dienone is 2. The Labute approximate surface area is 168 Å². The van der Waals surface area contributed by atoms with Crippen LogP contribution >= 0.6 is 22.9 Å². The highest BCUT2D eigenvalue weighted by Crippen LogP contribution is 2.48. The maximum absolute atomic E-state index is 13.2. The average molecular weight is 414 g/mol. The minimum atomic E-state index is -0.670. The Morgan fingerprint density at radius 1 is 1.14 bits per heavy atom. The first-order valence-corrected chi connectivity index (χ1v) is 10.1. The summed E-state index contributed by atoms with van der Waals surface area (Å²) in [6.07, 6.45) is 1.03. The minimum Gasteiger partial charge on any atom is -0.508 e. The number of carbonyl (C=O) groups excluding carboxylic acids is 1. The van der Waals surface area contributed by atoms with Gasteiger partial charge in [0.25, 0.3) is 5.56 Å². The molecule has 0 fully saturated rings. The Kier molecular flexibility index (Phi) is 3.96. The first-order chi connectivity index (χ1) is 13.5. The number of benzene rings is 1. The highest BCUT2D eigenvalue weighted by atomic mass is 35.5. The summed E-state index contributed by atoms with van der Waals surface area (Å²) in [5.41, 5.74) is 1.83. The van der Waals surface area contributed by atoms with E-state index in [1.807, 2.05) is 17.5 Å². The van der Waals surface area contributed by atoms with Gasteiger partial charge in [0.15, 0.2) is 5.78 Å². The van der Waals surface area contributed by atoms with Crippen LogP contribution in [-0.4, -0.2) is 21.1 Å². The fourth-order valence-corrected chi connectivity index (χ4v) is 5.22. The number of thiophene rings is 1. The molecule has 3 heterocycles. The van der Waals surface area contributed by atoms with Crippen molar-refractivity contribution < 1.29 is 9.90 Å². The summed E-state index contributed by atoms with van der Waals surface area (Å²) in [4.78, 5) is 26.9. The third-order valence-corrected chi connectivity index (χ3v) is 6.69. The number of aromatic amines is 2. The maximum atomic E-state index is 13.2. The number of nitrogens with one attached hydrogen (secondary N) is 3. The first kappa shape index (κ1) is 17.3. The zero-order chi connectivity index (χ0) is 19.4. The number of halogens is 1. The van der Waals surface area contributed by atoms with Gasteiger partial charge in [0.2, 0.25) is 0 Å². The summed E-state index contributed by atoms with van der Waals surface area (Å²) in [5.74, 6) is -0.0743. The highest BCUT2D eigenvalue weighted by Gasteiger charge is 2.41. The summed E-state index contributed by atoms with van der Waals surface area (Å²) in [5, 5.41) is 21.6. The molecule has 4 N–H and O–H groups in total. The third kappa shape index (κ3) is 2.62. The topological polar surface area (TPSA) is 98.0 Å². The Morgan fingerprint density at radius 2 is 2.00 bits per heavy atom. The number of aromatic hydroxyl groups is 1. The van der Waals surface area contributed by atoms with Crippen LogP contribution in [0.25, 0.3) is 0 Å². The molecular weight excluding hydrogens is 398 g/mol. The fraction of sp³-hybridized carbons (Fsp3) is 0.200. The Morgan fingerprint density at radius 3 is 2.79 bits per heavy atom. The van der Waals surface area contributed by atoms with E-state index in [4.69, 9.17) is 11.6 Å². The zero-order valence-electron chi connectivity index (χ0n) is 14.6. The fourth-order valence-electron chi connectivity index (χ4n) is 4.21. The van der Waals surface area contributed by atoms with Crippen molar-refractivity contribution in [3.8, 4) is 5.75 Å². The Balaban J connectivity index is 1.70. The number of Topliss-reactive ketones (excluding diaryl/α,β-unsaturated/α-hetero) is 1. The summed E-state index contributed by atoms with van der Waals surface area (Å²) in [7, 11) is 0. The molecule has 0 bridgehead atoms. The van der Waals surface area contributed by atoms with Crippen LogP contribution in [0.3, 0.4) is 0 Å². The van der Waals surface area contributed by atoms with Crippen LogP contribution in [-0.2, 0) is 4.79 Å². The van der Waals surface area contributed by atoms with Crippen LogP contribution in [0.4, 0.5) is 5.82 Å². The quantitative estimate of drug-likeness (QED) is 0.508. The van der Waals surface area contributed by atoms with Crippen molar-refractivity contribution in [3.63, 3.8) is 0 Å². The molecule has 1 aliphatic heterocycles. The van der Waals surface area contributed by atoms with Crippen LogP contribution < -0.4 is 10.9 Å². The monoisotopic (exact) mass is 413 g/mol. The van der Waals surface area contributed by atoms with Crippen molar-refractivity contribution in [3.05, 3.63) is 78.4 Å². The summed E-state index contributed by atoms with van der Waals surface area (Å²) >= 11 is 7.80. The van der Waals surface area contributed by atoms with E-state index >= 15 is 0 Å². The van der Waals surface area contributed by atoms with Gasteiger partial charge in [-0.2, -0.15) is 0 Å². The molecule has 1 aromatic carbocycles. The summed E-state index contributed by atoms with van der Waals surface area (Å²) < 4.78 is 0. The third-order valence-electron chi connectivity index (χ3n) is 5.42. The molecule has 142 valence electrons. The number of anilines is 1. The predicted molar refractivity (Wildman–Crippen MR) is 108 cm³/mol. The van der Waals surface area contributed by atoms with Crippen LogP contribution in [0, 0.1) is 0 Å². The second-order valence-electron chi connectivity index (χ2n) is 7.06. The molecule has 0 amide bonds. The second kappa shape index (κ2) is 6.39. The normalized spacial score (nSPS) is 21.2. The van der Waals surface area contributed by atoms with Crippen molar-refractivity contribution in [2.75, 3.05) is 5.32 Å². The number of hydrogen-bond acceptors (Lipinski definition) is 5. The SMILES string of the molecule is O=C1C[C@H](c2cccs2)CC2=C1[C@@H](c1cc(Cl)ccc1O)c1c([nH][nH]c1=O)N2. The smallest absolute Gasteiger partial charge is 0.270 e. The van der Waals surface area contributed by atoms with E-state index < -0.39 is 5.92 Å². The lowest BCUT2D eigenvalue weighted by Crippen LogP contribution is -2.31. The van der Waals surface area contributed by atoms with Crippen LogP contribution in [0.15, 0.2) is 51.8 Å². The van der Waals surface area contributed by atoms with Gasteiger partial charge in [-0.15, -0.1) is 11.3 Å². The van der Waals surface area contributed by atoms with E-state index in [1.165, 1.54) is 6.07 Å². The molecule has 0 saturated heterocycles. The lowest BCUT2D eigenvalue weighted by atomic mass is 9.73. The van der Waals surface area contributed by atoms with E-state index in [9.17, 15) is 14.7 Å². The number of rotatable bonds is 2. The lowest BCUT2D eigenvalue weighted by molar-refractivity contribution is -0.116. The number of H-pyrrole nitrogens is 2. The van der Waals surface area contributed by atoms with Crippen molar-refractivity contribution >= 4 is 34.5 Å². The molecule has 0 radical (unpaired) electrons. The number of phenolic OH excluding ortho intramolecular Hbond substituents is 1. The van der Waals surface area contributed by atoms with E-state index in [0.29, 0.717) is 40.4 Å². The molecule has 2 aromatic heterocycles. The average Bonchev–Trinajstić information content (AvgIpc) is 3.33. The standard InChI is InChI=1S/C20H16ClN3O3S/c21-10-3-4-13(25)11(8-10)16-17-12(22-19-18(16)20(27)24-23-19)6-9(7-14(17)26)15-2-1-5-28-15/h1-5,8-9,16,25H,6-7H2,(H3,22,23,24,27)/t9-,16-/m1/s1. The van der Waals surface area contributed by atoms with Gasteiger partial charge in [0.1, 0.15) is 11.6 Å². The zero-order valence-corrected chi connectivity index (χ0v) is 16.2. The van der Waals surface area contributed by atoms with Gasteiger partial charge in [0, 0.05) is 39.1 Å². The van der Waals surface area contributed by atoms with Gasteiger partial charge >= 0.3 is 0 Å². The first-order valence-electron chi connectivity index (χ1n) is 8.88. The number of aromatic nitrogens is 2. The van der Waals surface area contributed by atoms with E-state index in [-0.39, 0.29) is 23.0 Å². The molecule has 0 unspecified atom stereocenters. The maximum Gasteiger partial charge on any atom is 0.270 e. The number of fused-ring (bicyclic) bond motifs is 1. The van der Waals surface area contributed by atoms with Gasteiger partial charge in [0.05, 0.1) is 11.5 Å². The molecule has 5 rings (SSSR count). The van der Waals surface area contributed by atoms with Gasteiger partial charge in [-0.1, -0.05) is 17.7 Å². The second-order valence-corrected chi connectivity index (χ2v) is 8.48. The van der Waals surface area contributed by atoms with Crippen molar-refractivity contribution in [2.45, 2.75) is 24.7 Å². The van der Waals surface area contributed by atoms with Crippen LogP contribution in [0.2, 0.25) is 5.02 Å². The minimum absolute atomic E-state index is 0.00267. The molecule has 0 saturated carbocycles. The molecule has 2 aliphatic rings. The molecule has 1 aliphatic carbocycles. The van der Waals surface area contributed by atoms with E-state index in [2.05, 4.69) is 15.5 Å². The Bertz CT molecular complexity index is 1180. The molecule has 2 atom stereocenters. The number of carbonyl (C=O) groups is 1. The molecule has 6 nitrogen and oxygen atoms in total. The Hall–Kier alpha value is -2.77. The molecule has 8 heteroatoms. The highest BCUT2D eigenvalue weighted by molar-refractivity contribution is 7.10. The molecule has 0 spiro atoms. The molecule has 28 heavy (non-hydrogen) atoms. The number of phenols is 1. The van der Waals surface area contributed by atoms with Crippen molar-refractivity contribution in [1.29, 1.82) is 0 Å². The van der Waals surface area contributed by atoms with Crippen molar-refractivity contribution in [2.24, 2.45) is 0 Å². The van der Waals surface area contributed by atoms with E-state index in [0.717, 1.165) is 10.6 Å². The van der Waals surface area contributed by atoms with Gasteiger partial charge in [-0.25, -0.2) is 0 Å². The van der Waals surface area contributed by atoms with Gasteiger partial charge < -0.3 is 10.4 Å². The summed E-state index contributed by atoms with van der Waals surface area (Å²) in [6, 6.07) is 8.71. The molecular formula is C20H16ClN3O3S. The van der Waals surface area contributed by atoms with E-state index in [1.54, 1.807) is 23.5 Å². The number of ketones is 1. The lowest BCUT2D eigenvalue weighted by Gasteiger charge is -2.34. The van der Waals surface area contributed by atoms with Crippen molar-refractivity contribution in [1.82, 2.24) is 10.2 Å². The summed E-state index contributed by atoms with van der Waals surface area (Å²) in [6.45, 7) is 0. The number of hydrogen-bond donors (Lipinski definition) is 4. The van der Waals surface area contributed by atoms with Crippen LogP contribution in [0.5, 0.6) is 5.75 Å². The van der Waals surface area contributed by atoms with Gasteiger partial charge in [-0.3, -0.25) is 19.8 Å². The largest absolute Gasteiger partial charge is 0.508 e.